The number of halogens is 5. The number of nitrogens with one attached hydrogen (secondary N) is 1. The molecule has 2 heterocycles. The highest BCUT2D eigenvalue weighted by Gasteiger charge is 2.54. The third kappa shape index (κ3) is 6.07. The van der Waals surface area contributed by atoms with Gasteiger partial charge in [-0.05, 0) is 80.0 Å². The molecule has 7 nitrogen and oxygen atoms in total. The van der Waals surface area contributed by atoms with Crippen LogP contribution in [0.3, 0.4) is 0 Å². The van der Waals surface area contributed by atoms with Gasteiger partial charge >= 0.3 is 12.1 Å². The summed E-state index contributed by atoms with van der Waals surface area (Å²) in [6.07, 6.45) is -1.52. The Bertz CT molecular complexity index is 1270. The van der Waals surface area contributed by atoms with Crippen LogP contribution in [0.15, 0.2) is 36.4 Å². The average Bonchev–Trinajstić information content (AvgIpc) is 3.67. The molecule has 5 rings (SSSR count). The van der Waals surface area contributed by atoms with Crippen molar-refractivity contribution in [3.05, 3.63) is 64.7 Å². The first-order valence-electron chi connectivity index (χ1n) is 13.2. The molecule has 1 amide bonds. The van der Waals surface area contributed by atoms with Gasteiger partial charge in [-0.25, -0.2) is 13.6 Å². The summed E-state index contributed by atoms with van der Waals surface area (Å²) in [5, 5.41) is 11.8. The van der Waals surface area contributed by atoms with Crippen molar-refractivity contribution in [2.75, 3.05) is 19.7 Å². The summed E-state index contributed by atoms with van der Waals surface area (Å²) in [7, 11) is 0. The van der Waals surface area contributed by atoms with Gasteiger partial charge in [0.25, 0.3) is 5.91 Å². The fourth-order valence-corrected chi connectivity index (χ4v) is 5.67. The van der Waals surface area contributed by atoms with Crippen molar-refractivity contribution in [3.8, 4) is 5.75 Å². The van der Waals surface area contributed by atoms with E-state index in [0.717, 1.165) is 31.0 Å². The Morgan fingerprint density at radius 3 is 2.52 bits per heavy atom. The van der Waals surface area contributed by atoms with Gasteiger partial charge in [-0.15, -0.1) is 0 Å². The van der Waals surface area contributed by atoms with Gasteiger partial charge in [0, 0.05) is 25.7 Å². The third-order valence-electron chi connectivity index (χ3n) is 7.91. The number of amides is 1. The number of hydrogen-bond acceptors (Lipinski definition) is 5. The second-order valence-corrected chi connectivity index (χ2v) is 10.7. The normalized spacial score (nSPS) is 25.5. The summed E-state index contributed by atoms with van der Waals surface area (Å²) < 4.78 is 78.7. The molecule has 1 aliphatic carbocycles. The number of carboxylic acids is 1. The molecule has 0 unspecified atom stereocenters. The minimum atomic E-state index is -4.70. The molecule has 40 heavy (non-hydrogen) atoms. The van der Waals surface area contributed by atoms with Crippen molar-refractivity contribution in [2.45, 2.75) is 62.6 Å². The molecule has 0 aromatic heterocycles. The summed E-state index contributed by atoms with van der Waals surface area (Å²) >= 11 is 0. The van der Waals surface area contributed by atoms with Crippen LogP contribution in [0, 0.1) is 17.6 Å². The molecule has 216 valence electrons. The van der Waals surface area contributed by atoms with Gasteiger partial charge in [0.15, 0.2) is 0 Å². The highest BCUT2D eigenvalue weighted by molar-refractivity contribution is 5.88. The van der Waals surface area contributed by atoms with Crippen LogP contribution in [0.4, 0.5) is 22.0 Å². The van der Waals surface area contributed by atoms with Crippen LogP contribution in [0.25, 0.3) is 0 Å². The molecule has 2 aromatic carbocycles. The molecule has 2 aromatic rings. The number of hydrogen-bond donors (Lipinski definition) is 2. The van der Waals surface area contributed by atoms with Crippen molar-refractivity contribution in [2.24, 2.45) is 5.92 Å². The van der Waals surface area contributed by atoms with Crippen molar-refractivity contribution < 1.29 is 46.1 Å². The molecule has 3 aliphatic rings. The second-order valence-electron chi connectivity index (χ2n) is 10.7. The molecule has 12 heteroatoms. The van der Waals surface area contributed by atoms with Gasteiger partial charge < -0.3 is 19.9 Å². The van der Waals surface area contributed by atoms with Gasteiger partial charge in [-0.1, -0.05) is 0 Å². The van der Waals surface area contributed by atoms with E-state index in [4.69, 9.17) is 14.6 Å². The topological polar surface area (TPSA) is 88.1 Å². The average molecular weight is 569 g/mol. The van der Waals surface area contributed by atoms with E-state index in [-0.39, 0.29) is 42.5 Å². The van der Waals surface area contributed by atoms with Crippen LogP contribution >= 0.6 is 0 Å². The molecule has 2 aliphatic heterocycles. The Balaban J connectivity index is 1.17. The number of likely N-dealkylation sites (tertiary alicyclic amines) is 1. The van der Waals surface area contributed by atoms with E-state index >= 15 is 0 Å². The minimum Gasteiger partial charge on any atom is -0.489 e. The minimum absolute atomic E-state index is 0.0139. The lowest BCUT2D eigenvalue weighted by Crippen LogP contribution is -2.56. The molecule has 0 spiro atoms. The molecule has 2 saturated heterocycles. The predicted molar refractivity (Wildman–Crippen MR) is 132 cm³/mol. The quantitative estimate of drug-likeness (QED) is 0.446. The summed E-state index contributed by atoms with van der Waals surface area (Å²) in [5.41, 5.74) is -2.63. The van der Waals surface area contributed by atoms with Gasteiger partial charge in [0.05, 0.1) is 17.7 Å². The number of carboxylic acid groups (broad SMARTS) is 1. The molecule has 0 bridgehead atoms. The van der Waals surface area contributed by atoms with E-state index in [1.165, 1.54) is 12.1 Å². The first-order valence-corrected chi connectivity index (χ1v) is 13.2. The smallest absolute Gasteiger partial charge is 0.416 e. The Hall–Kier alpha value is -3.25. The van der Waals surface area contributed by atoms with Crippen LogP contribution in [0.2, 0.25) is 0 Å². The van der Waals surface area contributed by atoms with Crippen molar-refractivity contribution in [3.63, 3.8) is 0 Å². The number of aromatic carboxylic acids is 1. The predicted octanol–water partition coefficient (Wildman–Crippen LogP) is 4.78. The number of carbonyl (C=O) groups is 2. The van der Waals surface area contributed by atoms with E-state index in [9.17, 15) is 31.5 Å². The number of rotatable bonds is 8. The lowest BCUT2D eigenvalue weighted by molar-refractivity contribution is -0.164. The van der Waals surface area contributed by atoms with E-state index in [1.54, 1.807) is 0 Å². The monoisotopic (exact) mass is 568 g/mol. The van der Waals surface area contributed by atoms with Gasteiger partial charge in [0.1, 0.15) is 29.1 Å². The SMILES string of the molecule is O=C(O)c1cc(O[C@H]2CCN([C@@H]3CC[C@@](C(=O)NCc4cc(F)cc(C(F)(F)F)c4)(C4CC4)OC3)C2)ccc1F. The van der Waals surface area contributed by atoms with Crippen LogP contribution in [-0.4, -0.2) is 59.3 Å². The maximum atomic E-state index is 13.8. The van der Waals surface area contributed by atoms with Crippen LogP contribution in [-0.2, 0) is 22.3 Å². The lowest BCUT2D eigenvalue weighted by Gasteiger charge is -2.42. The Morgan fingerprint density at radius 2 is 1.88 bits per heavy atom. The zero-order chi connectivity index (χ0) is 28.7. The van der Waals surface area contributed by atoms with Gasteiger partial charge in [-0.3, -0.25) is 9.69 Å². The van der Waals surface area contributed by atoms with E-state index < -0.39 is 46.4 Å². The molecule has 1 saturated carbocycles. The number of nitrogens with zero attached hydrogens (tertiary/aromatic N) is 1. The first kappa shape index (κ1) is 28.3. The van der Waals surface area contributed by atoms with Crippen LogP contribution < -0.4 is 10.1 Å². The zero-order valence-electron chi connectivity index (χ0n) is 21.5. The zero-order valence-corrected chi connectivity index (χ0v) is 21.5. The van der Waals surface area contributed by atoms with Crippen molar-refractivity contribution >= 4 is 11.9 Å². The molecule has 3 fully saturated rings. The van der Waals surface area contributed by atoms with Gasteiger partial charge in [0.2, 0.25) is 0 Å². The van der Waals surface area contributed by atoms with Gasteiger partial charge in [-0.2, -0.15) is 13.2 Å². The highest BCUT2D eigenvalue weighted by atomic mass is 19.4. The maximum absolute atomic E-state index is 13.8. The largest absolute Gasteiger partial charge is 0.489 e. The summed E-state index contributed by atoms with van der Waals surface area (Å²) in [5.74, 6) is -3.35. The Morgan fingerprint density at radius 1 is 1.10 bits per heavy atom. The molecule has 0 radical (unpaired) electrons. The molecular weight excluding hydrogens is 539 g/mol. The fraction of sp³-hybridized carbons (Fsp3) is 0.500. The van der Waals surface area contributed by atoms with E-state index in [0.29, 0.717) is 38.4 Å². The summed E-state index contributed by atoms with van der Waals surface area (Å²) in [6, 6.07) is 5.86. The van der Waals surface area contributed by atoms with Crippen molar-refractivity contribution in [1.82, 2.24) is 10.2 Å². The number of ether oxygens (including phenoxy) is 2. The van der Waals surface area contributed by atoms with Crippen LogP contribution in [0.5, 0.6) is 5.75 Å². The third-order valence-corrected chi connectivity index (χ3v) is 7.91. The fourth-order valence-electron chi connectivity index (χ4n) is 5.67. The van der Waals surface area contributed by atoms with E-state index in [2.05, 4.69) is 10.2 Å². The van der Waals surface area contributed by atoms with Crippen molar-refractivity contribution in [1.29, 1.82) is 0 Å². The molecule has 2 N–H and O–H groups in total. The summed E-state index contributed by atoms with van der Waals surface area (Å²) in [6.45, 7) is 1.29. The Labute approximate surface area is 227 Å². The Kier molecular flexibility index (Phi) is 7.75. The first-order chi connectivity index (χ1) is 18.9. The van der Waals surface area contributed by atoms with E-state index in [1.807, 2.05) is 0 Å². The number of carbonyl (C=O) groups excluding carboxylic acids is 1. The van der Waals surface area contributed by atoms with Crippen LogP contribution in [0.1, 0.15) is 53.6 Å². The number of alkyl halides is 3. The maximum Gasteiger partial charge on any atom is 0.416 e. The number of benzene rings is 2. The summed E-state index contributed by atoms with van der Waals surface area (Å²) in [4.78, 5) is 26.7. The molecular formula is C28H29F5N2O5. The second kappa shape index (κ2) is 11.0. The highest BCUT2D eigenvalue weighted by Crippen LogP contribution is 2.47. The molecule has 3 atom stereocenters. The standard InChI is InChI=1S/C28H29F5N2O5/c29-19-10-16(9-18(11-19)28(31,32)33)13-34-26(38)27(17-1-2-17)7-5-20(15-39-27)35-8-6-22(14-35)40-21-3-4-24(30)23(12-21)25(36)37/h3-4,9-12,17,20,22H,1-2,5-8,13-15H2,(H,34,38)(H,36,37)/t20-,22+,27+/m1/s1. The lowest BCUT2D eigenvalue weighted by atomic mass is 9.86.